The van der Waals surface area contributed by atoms with Crippen molar-refractivity contribution in [2.24, 2.45) is 0 Å². The number of halogens is 3. The number of anilines is 1. The number of likely N-dealkylation sites (N-methyl/N-ethyl adjacent to an activating group) is 1. The zero-order valence-electron chi connectivity index (χ0n) is 20.2. The van der Waals surface area contributed by atoms with Crippen LogP contribution in [0.1, 0.15) is 11.1 Å². The number of amides is 2. The summed E-state index contributed by atoms with van der Waals surface area (Å²) in [6.07, 6.45) is 1.20. The fourth-order valence-corrected chi connectivity index (χ4v) is 5.29. The third-order valence-electron chi connectivity index (χ3n) is 5.65. The molecule has 3 aromatic rings. The van der Waals surface area contributed by atoms with Crippen LogP contribution in [-0.2, 0) is 32.6 Å². The van der Waals surface area contributed by atoms with Crippen molar-refractivity contribution in [1.82, 2.24) is 10.2 Å². The van der Waals surface area contributed by atoms with Gasteiger partial charge in [-0.05, 0) is 41.5 Å². The molecule has 0 aliphatic carbocycles. The van der Waals surface area contributed by atoms with Crippen LogP contribution < -0.4 is 9.62 Å². The summed E-state index contributed by atoms with van der Waals surface area (Å²) >= 11 is 18.5. The zero-order chi connectivity index (χ0) is 27.2. The fraction of sp³-hybridized carbons (Fsp3) is 0.231. The van der Waals surface area contributed by atoms with E-state index in [9.17, 15) is 18.0 Å². The first-order chi connectivity index (χ1) is 17.5. The van der Waals surface area contributed by atoms with Gasteiger partial charge in [-0.15, -0.1) is 0 Å². The summed E-state index contributed by atoms with van der Waals surface area (Å²) in [6, 6.07) is 19.3. The predicted octanol–water partition coefficient (Wildman–Crippen LogP) is 4.80. The summed E-state index contributed by atoms with van der Waals surface area (Å²) in [5.41, 5.74) is 1.60. The van der Waals surface area contributed by atoms with Crippen LogP contribution in [-0.4, -0.2) is 51.0 Å². The molecule has 11 heteroatoms. The molecular formula is C26H26Cl3N3O4S. The number of benzene rings is 3. The molecule has 2 amide bonds. The Kier molecular flexibility index (Phi) is 9.84. The van der Waals surface area contributed by atoms with Crippen molar-refractivity contribution in [2.45, 2.75) is 19.0 Å². The van der Waals surface area contributed by atoms with E-state index < -0.39 is 34.4 Å². The standard InChI is InChI=1S/C26H26Cl3N3O4S/c1-30-26(34)24(13-18-7-4-3-5-8-18)31(16-19-11-12-21(28)15-23(19)29)25(33)17-32(37(2,35)36)22-10-6-9-20(27)14-22/h3-12,14-15,24H,13,16-17H2,1-2H3,(H,30,34)/t24-/m1/s1. The lowest BCUT2D eigenvalue weighted by molar-refractivity contribution is -0.139. The average Bonchev–Trinajstić information content (AvgIpc) is 2.85. The molecule has 3 aromatic carbocycles. The van der Waals surface area contributed by atoms with E-state index in [-0.39, 0.29) is 18.7 Å². The van der Waals surface area contributed by atoms with E-state index in [1.807, 2.05) is 30.3 Å². The van der Waals surface area contributed by atoms with Crippen LogP contribution in [0.4, 0.5) is 5.69 Å². The van der Waals surface area contributed by atoms with Crippen molar-refractivity contribution in [3.05, 3.63) is 99.0 Å². The van der Waals surface area contributed by atoms with Gasteiger partial charge in [0.2, 0.25) is 21.8 Å². The van der Waals surface area contributed by atoms with Crippen molar-refractivity contribution in [3.8, 4) is 0 Å². The molecule has 1 N–H and O–H groups in total. The van der Waals surface area contributed by atoms with Gasteiger partial charge in [0, 0.05) is 35.1 Å². The maximum atomic E-state index is 13.8. The molecule has 0 aliphatic heterocycles. The molecule has 196 valence electrons. The second-order valence-electron chi connectivity index (χ2n) is 8.33. The first-order valence-corrected chi connectivity index (χ1v) is 14.2. The topological polar surface area (TPSA) is 86.8 Å². The highest BCUT2D eigenvalue weighted by atomic mass is 35.5. The summed E-state index contributed by atoms with van der Waals surface area (Å²) in [7, 11) is -2.40. The van der Waals surface area contributed by atoms with E-state index in [1.165, 1.54) is 18.0 Å². The van der Waals surface area contributed by atoms with Gasteiger partial charge < -0.3 is 10.2 Å². The molecule has 3 rings (SSSR count). The van der Waals surface area contributed by atoms with E-state index >= 15 is 0 Å². The monoisotopic (exact) mass is 581 g/mol. The Morgan fingerprint density at radius 1 is 0.919 bits per heavy atom. The van der Waals surface area contributed by atoms with Crippen LogP contribution in [0.2, 0.25) is 15.1 Å². The molecule has 0 saturated heterocycles. The highest BCUT2D eigenvalue weighted by molar-refractivity contribution is 7.92. The zero-order valence-corrected chi connectivity index (χ0v) is 23.3. The maximum Gasteiger partial charge on any atom is 0.244 e. The quantitative estimate of drug-likeness (QED) is 0.372. The highest BCUT2D eigenvalue weighted by Gasteiger charge is 2.33. The Hall–Kier alpha value is -2.78. The Labute approximate surface area is 232 Å². The number of carbonyl (C=O) groups is 2. The van der Waals surface area contributed by atoms with E-state index in [4.69, 9.17) is 34.8 Å². The predicted molar refractivity (Wildman–Crippen MR) is 149 cm³/mol. The van der Waals surface area contributed by atoms with E-state index in [1.54, 1.807) is 36.4 Å². The molecule has 1 atom stereocenters. The van der Waals surface area contributed by atoms with Gasteiger partial charge in [0.25, 0.3) is 0 Å². The van der Waals surface area contributed by atoms with Crippen molar-refractivity contribution in [1.29, 1.82) is 0 Å². The first kappa shape index (κ1) is 28.8. The molecule has 0 aromatic heterocycles. The SMILES string of the molecule is CNC(=O)[C@@H](Cc1ccccc1)N(Cc1ccc(Cl)cc1Cl)C(=O)CN(c1cccc(Cl)c1)S(C)(=O)=O. The summed E-state index contributed by atoms with van der Waals surface area (Å²) in [5.74, 6) is -1.00. The van der Waals surface area contributed by atoms with E-state index in [2.05, 4.69) is 5.32 Å². The van der Waals surface area contributed by atoms with Crippen molar-refractivity contribution >= 4 is 62.3 Å². The van der Waals surface area contributed by atoms with E-state index in [0.717, 1.165) is 16.1 Å². The second kappa shape index (κ2) is 12.6. The number of hydrogen-bond donors (Lipinski definition) is 1. The van der Waals surface area contributed by atoms with Gasteiger partial charge in [-0.1, -0.05) is 77.3 Å². The molecule has 0 aliphatic rings. The number of hydrogen-bond acceptors (Lipinski definition) is 4. The molecule has 0 radical (unpaired) electrons. The number of nitrogens with zero attached hydrogens (tertiary/aromatic N) is 2. The van der Waals surface area contributed by atoms with Crippen molar-refractivity contribution < 1.29 is 18.0 Å². The summed E-state index contributed by atoms with van der Waals surface area (Å²) in [4.78, 5) is 28.2. The minimum absolute atomic E-state index is 0.0487. The van der Waals surface area contributed by atoms with Crippen molar-refractivity contribution in [2.75, 3.05) is 24.2 Å². The third-order valence-corrected chi connectivity index (χ3v) is 7.61. The summed E-state index contributed by atoms with van der Waals surface area (Å²) in [6.45, 7) is -0.598. The Morgan fingerprint density at radius 3 is 2.19 bits per heavy atom. The molecule has 7 nitrogen and oxygen atoms in total. The first-order valence-electron chi connectivity index (χ1n) is 11.2. The fourth-order valence-electron chi connectivity index (χ4n) is 3.80. The third kappa shape index (κ3) is 7.85. The molecule has 0 heterocycles. The largest absolute Gasteiger partial charge is 0.357 e. The van der Waals surface area contributed by atoms with Gasteiger partial charge in [0.1, 0.15) is 12.6 Å². The molecule has 0 saturated carbocycles. The van der Waals surface area contributed by atoms with Crippen LogP contribution in [0.5, 0.6) is 0 Å². The second-order valence-corrected chi connectivity index (χ2v) is 11.5. The van der Waals surface area contributed by atoms with Gasteiger partial charge in [-0.2, -0.15) is 0 Å². The summed E-state index contributed by atoms with van der Waals surface area (Å²) in [5, 5.41) is 3.67. The van der Waals surface area contributed by atoms with Gasteiger partial charge in [-0.3, -0.25) is 13.9 Å². The normalized spacial score (nSPS) is 12.0. The van der Waals surface area contributed by atoms with Gasteiger partial charge in [0.05, 0.1) is 11.9 Å². The minimum Gasteiger partial charge on any atom is -0.357 e. The van der Waals surface area contributed by atoms with Crippen LogP contribution in [0.15, 0.2) is 72.8 Å². The maximum absolute atomic E-state index is 13.8. The Balaban J connectivity index is 2.05. The Bertz CT molecular complexity index is 1370. The van der Waals surface area contributed by atoms with Gasteiger partial charge in [-0.25, -0.2) is 8.42 Å². The smallest absolute Gasteiger partial charge is 0.244 e. The molecule has 0 unspecified atom stereocenters. The molecule has 0 bridgehead atoms. The number of nitrogens with one attached hydrogen (secondary N) is 1. The van der Waals surface area contributed by atoms with Crippen molar-refractivity contribution in [3.63, 3.8) is 0 Å². The van der Waals surface area contributed by atoms with E-state index in [0.29, 0.717) is 20.6 Å². The molecule has 0 fully saturated rings. The number of rotatable bonds is 10. The highest BCUT2D eigenvalue weighted by Crippen LogP contribution is 2.26. The Morgan fingerprint density at radius 2 is 1.59 bits per heavy atom. The lowest BCUT2D eigenvalue weighted by Crippen LogP contribution is -2.52. The van der Waals surface area contributed by atoms with Crippen LogP contribution in [0, 0.1) is 0 Å². The van der Waals surface area contributed by atoms with Crippen LogP contribution in [0.25, 0.3) is 0 Å². The van der Waals surface area contributed by atoms with Crippen LogP contribution >= 0.6 is 34.8 Å². The minimum atomic E-state index is -3.88. The number of carbonyl (C=O) groups excluding carboxylic acids is 2. The van der Waals surface area contributed by atoms with Gasteiger partial charge >= 0.3 is 0 Å². The molecule has 37 heavy (non-hydrogen) atoms. The lowest BCUT2D eigenvalue weighted by Gasteiger charge is -2.33. The molecule has 0 spiro atoms. The van der Waals surface area contributed by atoms with Crippen LogP contribution in [0.3, 0.4) is 0 Å². The van der Waals surface area contributed by atoms with Gasteiger partial charge in [0.15, 0.2) is 0 Å². The molecular weight excluding hydrogens is 557 g/mol. The average molecular weight is 583 g/mol. The number of sulfonamides is 1. The lowest BCUT2D eigenvalue weighted by atomic mass is 10.0. The summed E-state index contributed by atoms with van der Waals surface area (Å²) < 4.78 is 26.4.